The Balaban J connectivity index is 1.97. The molecule has 0 spiro atoms. The lowest BCUT2D eigenvalue weighted by Crippen LogP contribution is -2.15. The van der Waals surface area contributed by atoms with Crippen LogP contribution in [0.2, 0.25) is 0 Å². The highest BCUT2D eigenvalue weighted by Crippen LogP contribution is 2.36. The van der Waals surface area contributed by atoms with E-state index in [-0.39, 0.29) is 5.37 Å². The third-order valence-corrected chi connectivity index (χ3v) is 4.88. The Kier molecular flexibility index (Phi) is 4.79. The summed E-state index contributed by atoms with van der Waals surface area (Å²) < 4.78 is 37.4. The smallest absolute Gasteiger partial charge is 0.316 e. The fourth-order valence-electron chi connectivity index (χ4n) is 2.35. The molecular weight excluding hydrogens is 271 g/mol. The van der Waals surface area contributed by atoms with Crippen LogP contribution in [0.3, 0.4) is 0 Å². The van der Waals surface area contributed by atoms with E-state index in [1.54, 1.807) is 11.8 Å². The molecule has 1 aromatic rings. The maximum atomic E-state index is 12.5. The van der Waals surface area contributed by atoms with Gasteiger partial charge in [-0.1, -0.05) is 31.4 Å². The molecule has 1 atom stereocenters. The van der Waals surface area contributed by atoms with Crippen molar-refractivity contribution in [2.75, 3.05) is 0 Å². The summed E-state index contributed by atoms with van der Waals surface area (Å²) in [4.78, 5) is 0. The number of halogens is 3. The van der Waals surface area contributed by atoms with Gasteiger partial charge in [0.2, 0.25) is 0 Å². The van der Waals surface area contributed by atoms with Gasteiger partial charge in [-0.25, -0.2) is 0 Å². The summed E-state index contributed by atoms with van der Waals surface area (Å²) >= 11 is 1.68. The molecule has 1 aliphatic rings. The van der Waals surface area contributed by atoms with Crippen LogP contribution in [0.15, 0.2) is 24.3 Å². The zero-order valence-corrected chi connectivity index (χ0v) is 11.4. The number of hydrogen-bond acceptors (Lipinski definition) is 2. The summed E-state index contributed by atoms with van der Waals surface area (Å²) in [6.45, 7) is 0. The molecule has 5 heteroatoms. The van der Waals surface area contributed by atoms with Crippen molar-refractivity contribution in [3.63, 3.8) is 0 Å². The van der Waals surface area contributed by atoms with Gasteiger partial charge in [0.15, 0.2) is 0 Å². The normalized spacial score (nSPS) is 19.4. The third kappa shape index (κ3) is 4.14. The molecular formula is C14H18F3NS. The fourth-order valence-corrected chi connectivity index (χ4v) is 3.68. The van der Waals surface area contributed by atoms with E-state index in [1.807, 2.05) is 0 Å². The molecule has 0 radical (unpaired) electrons. The van der Waals surface area contributed by atoms with Crippen LogP contribution < -0.4 is 5.73 Å². The molecule has 0 amide bonds. The summed E-state index contributed by atoms with van der Waals surface area (Å²) in [5.74, 6) is 0. The molecule has 19 heavy (non-hydrogen) atoms. The second-order valence-electron chi connectivity index (χ2n) is 4.94. The van der Waals surface area contributed by atoms with E-state index in [2.05, 4.69) is 0 Å². The van der Waals surface area contributed by atoms with Crippen LogP contribution in [0.1, 0.15) is 48.6 Å². The first-order valence-corrected chi connectivity index (χ1v) is 7.49. The average Bonchev–Trinajstić information content (AvgIpc) is 2.39. The monoisotopic (exact) mass is 289 g/mol. The van der Waals surface area contributed by atoms with Crippen molar-refractivity contribution in [1.82, 2.24) is 0 Å². The van der Waals surface area contributed by atoms with E-state index in [0.29, 0.717) is 5.25 Å². The van der Waals surface area contributed by atoms with Gasteiger partial charge in [0.05, 0.1) is 10.9 Å². The zero-order valence-electron chi connectivity index (χ0n) is 10.6. The molecule has 0 aliphatic heterocycles. The number of nitrogens with two attached hydrogens (primary N) is 1. The Hall–Kier alpha value is -0.680. The van der Waals surface area contributed by atoms with E-state index >= 15 is 0 Å². The summed E-state index contributed by atoms with van der Waals surface area (Å²) in [5, 5.41) is 0.316. The maximum Gasteiger partial charge on any atom is 0.416 e. The van der Waals surface area contributed by atoms with Gasteiger partial charge in [-0.15, -0.1) is 11.8 Å². The minimum Gasteiger partial charge on any atom is -0.316 e. The predicted octanol–water partition coefficient (Wildman–Crippen LogP) is 4.73. The SMILES string of the molecule is NC(SC1CCCCC1)c1ccc(C(F)(F)F)cc1. The Morgan fingerprint density at radius 2 is 1.63 bits per heavy atom. The standard InChI is InChI=1S/C14H18F3NS/c15-14(16,17)11-8-6-10(7-9-11)13(18)19-12-4-2-1-3-5-12/h6-9,12-13H,1-5,18H2. The lowest BCUT2D eigenvalue weighted by molar-refractivity contribution is -0.137. The second-order valence-corrected chi connectivity index (χ2v) is 6.38. The van der Waals surface area contributed by atoms with Crippen LogP contribution in [0.4, 0.5) is 13.2 Å². The van der Waals surface area contributed by atoms with Crippen LogP contribution in [0.25, 0.3) is 0 Å². The molecule has 0 heterocycles. The van der Waals surface area contributed by atoms with Crippen molar-refractivity contribution in [2.24, 2.45) is 5.73 Å². The Bertz CT molecular complexity index is 396. The van der Waals surface area contributed by atoms with Crippen LogP contribution in [-0.4, -0.2) is 5.25 Å². The van der Waals surface area contributed by atoms with E-state index in [9.17, 15) is 13.2 Å². The Morgan fingerprint density at radius 1 is 1.05 bits per heavy atom. The molecule has 2 rings (SSSR count). The van der Waals surface area contributed by atoms with Gasteiger partial charge < -0.3 is 5.73 Å². The van der Waals surface area contributed by atoms with Crippen molar-refractivity contribution in [2.45, 2.75) is 48.9 Å². The second kappa shape index (κ2) is 6.18. The quantitative estimate of drug-likeness (QED) is 0.814. The molecule has 106 valence electrons. The highest BCUT2D eigenvalue weighted by molar-refractivity contribution is 8.00. The van der Waals surface area contributed by atoms with Crippen molar-refractivity contribution in [3.05, 3.63) is 35.4 Å². The van der Waals surface area contributed by atoms with Gasteiger partial charge in [-0.05, 0) is 30.5 Å². The average molecular weight is 289 g/mol. The van der Waals surface area contributed by atoms with Crippen LogP contribution in [-0.2, 0) is 6.18 Å². The van der Waals surface area contributed by atoms with E-state index < -0.39 is 11.7 Å². The van der Waals surface area contributed by atoms with Gasteiger partial charge in [-0.3, -0.25) is 0 Å². The summed E-state index contributed by atoms with van der Waals surface area (Å²) in [7, 11) is 0. The first-order valence-electron chi connectivity index (χ1n) is 6.55. The van der Waals surface area contributed by atoms with Crippen LogP contribution in [0, 0.1) is 0 Å². The summed E-state index contributed by atoms with van der Waals surface area (Å²) in [5.41, 5.74) is 6.21. The van der Waals surface area contributed by atoms with Gasteiger partial charge in [-0.2, -0.15) is 13.2 Å². The fraction of sp³-hybridized carbons (Fsp3) is 0.571. The Morgan fingerprint density at radius 3 is 2.16 bits per heavy atom. The highest BCUT2D eigenvalue weighted by Gasteiger charge is 2.30. The molecule has 2 N–H and O–H groups in total. The lowest BCUT2D eigenvalue weighted by atomic mass is 10.0. The molecule has 1 fully saturated rings. The summed E-state index contributed by atoms with van der Waals surface area (Å²) in [6, 6.07) is 5.19. The minimum absolute atomic E-state index is 0.231. The van der Waals surface area contributed by atoms with Crippen molar-refractivity contribution in [3.8, 4) is 0 Å². The molecule has 0 bridgehead atoms. The van der Waals surface area contributed by atoms with Crippen molar-refractivity contribution in [1.29, 1.82) is 0 Å². The zero-order chi connectivity index (χ0) is 13.9. The molecule has 1 unspecified atom stereocenters. The molecule has 0 saturated heterocycles. The Labute approximate surface area is 115 Å². The van der Waals surface area contributed by atoms with Crippen LogP contribution in [0.5, 0.6) is 0 Å². The number of rotatable bonds is 3. The van der Waals surface area contributed by atoms with Crippen LogP contribution >= 0.6 is 11.8 Å². The topological polar surface area (TPSA) is 26.0 Å². The van der Waals surface area contributed by atoms with Crippen molar-refractivity contribution < 1.29 is 13.2 Å². The van der Waals surface area contributed by atoms with Gasteiger partial charge in [0.25, 0.3) is 0 Å². The minimum atomic E-state index is -4.28. The van der Waals surface area contributed by atoms with Gasteiger partial charge >= 0.3 is 6.18 Å². The van der Waals surface area contributed by atoms with Crippen molar-refractivity contribution >= 4 is 11.8 Å². The number of thioether (sulfide) groups is 1. The van der Waals surface area contributed by atoms with E-state index in [0.717, 1.165) is 17.7 Å². The van der Waals surface area contributed by atoms with E-state index in [1.165, 1.54) is 44.2 Å². The molecule has 1 saturated carbocycles. The molecule has 1 nitrogen and oxygen atoms in total. The molecule has 1 aliphatic carbocycles. The van der Waals surface area contributed by atoms with Gasteiger partial charge in [0, 0.05) is 5.25 Å². The first kappa shape index (κ1) is 14.7. The third-order valence-electron chi connectivity index (χ3n) is 3.46. The number of hydrogen-bond donors (Lipinski definition) is 1. The highest BCUT2D eigenvalue weighted by atomic mass is 32.2. The number of benzene rings is 1. The maximum absolute atomic E-state index is 12.5. The molecule has 0 aromatic heterocycles. The summed E-state index contributed by atoms with van der Waals surface area (Å²) in [6.07, 6.45) is 1.80. The lowest BCUT2D eigenvalue weighted by Gasteiger charge is -2.24. The predicted molar refractivity (Wildman–Crippen MR) is 72.8 cm³/mol. The molecule has 1 aromatic carbocycles. The largest absolute Gasteiger partial charge is 0.416 e. The van der Waals surface area contributed by atoms with E-state index in [4.69, 9.17) is 5.73 Å². The van der Waals surface area contributed by atoms with Gasteiger partial charge in [0.1, 0.15) is 0 Å². The first-order chi connectivity index (χ1) is 8.97. The number of alkyl halides is 3.